The smallest absolute Gasteiger partial charge is 0.127 e. The van der Waals surface area contributed by atoms with E-state index in [-0.39, 0.29) is 17.3 Å². The number of benzene rings is 2. The molecular formula is C21H19FN2. The van der Waals surface area contributed by atoms with Crippen molar-refractivity contribution in [3.05, 3.63) is 77.2 Å². The Balaban J connectivity index is 1.97. The van der Waals surface area contributed by atoms with E-state index < -0.39 is 0 Å². The van der Waals surface area contributed by atoms with Gasteiger partial charge in [-0.25, -0.2) is 4.39 Å². The summed E-state index contributed by atoms with van der Waals surface area (Å²) in [5.41, 5.74) is 3.96. The van der Waals surface area contributed by atoms with Gasteiger partial charge in [0.15, 0.2) is 0 Å². The summed E-state index contributed by atoms with van der Waals surface area (Å²) in [6.45, 7) is 6.16. The van der Waals surface area contributed by atoms with Gasteiger partial charge < -0.3 is 0 Å². The molecule has 0 spiro atoms. The van der Waals surface area contributed by atoms with Gasteiger partial charge in [0.25, 0.3) is 0 Å². The number of aliphatic imine (C=N–C) groups is 1. The number of pyridine rings is 1. The Hall–Kier alpha value is -2.55. The first kappa shape index (κ1) is 15.0. The van der Waals surface area contributed by atoms with Crippen molar-refractivity contribution in [1.82, 2.24) is 4.98 Å². The minimum Gasteiger partial charge on any atom is -0.277 e. The van der Waals surface area contributed by atoms with Gasteiger partial charge in [-0.2, -0.15) is 0 Å². The molecule has 3 heteroatoms. The lowest BCUT2D eigenvalue weighted by Crippen LogP contribution is -2.33. The van der Waals surface area contributed by atoms with E-state index in [2.05, 4.69) is 24.9 Å². The SMILES string of the molecule is CC1c2c(F)cccc2C(c2cnc3ccccc3c2)=NC1(C)C. The Kier molecular flexibility index (Phi) is 3.27. The fourth-order valence-corrected chi connectivity index (χ4v) is 3.40. The molecule has 0 fully saturated rings. The summed E-state index contributed by atoms with van der Waals surface area (Å²) in [7, 11) is 0. The number of aromatic nitrogens is 1. The summed E-state index contributed by atoms with van der Waals surface area (Å²) >= 11 is 0. The van der Waals surface area contributed by atoms with Gasteiger partial charge in [0, 0.05) is 34.2 Å². The zero-order valence-corrected chi connectivity index (χ0v) is 14.0. The van der Waals surface area contributed by atoms with Gasteiger partial charge in [-0.15, -0.1) is 0 Å². The molecule has 0 aliphatic carbocycles. The van der Waals surface area contributed by atoms with Gasteiger partial charge >= 0.3 is 0 Å². The summed E-state index contributed by atoms with van der Waals surface area (Å²) in [5.74, 6) is -0.139. The molecule has 2 nitrogen and oxygen atoms in total. The van der Waals surface area contributed by atoms with Crippen LogP contribution in [0.1, 0.15) is 43.4 Å². The lowest BCUT2D eigenvalue weighted by molar-refractivity contribution is 0.417. The Morgan fingerprint density at radius 3 is 2.67 bits per heavy atom. The van der Waals surface area contributed by atoms with Crippen LogP contribution >= 0.6 is 0 Å². The molecule has 1 unspecified atom stereocenters. The monoisotopic (exact) mass is 318 g/mol. The number of para-hydroxylation sites is 1. The molecule has 0 N–H and O–H groups in total. The van der Waals surface area contributed by atoms with E-state index in [1.54, 1.807) is 6.07 Å². The largest absolute Gasteiger partial charge is 0.277 e. The fraction of sp³-hybridized carbons (Fsp3) is 0.238. The normalized spacial score (nSPS) is 19.0. The average Bonchev–Trinajstić information content (AvgIpc) is 2.58. The van der Waals surface area contributed by atoms with E-state index in [4.69, 9.17) is 4.99 Å². The first-order valence-electron chi connectivity index (χ1n) is 8.21. The van der Waals surface area contributed by atoms with Crippen LogP contribution in [0.2, 0.25) is 0 Å². The predicted octanol–water partition coefficient (Wildman–Crippen LogP) is 5.11. The first-order chi connectivity index (χ1) is 11.5. The van der Waals surface area contributed by atoms with E-state index in [1.807, 2.05) is 43.5 Å². The maximum Gasteiger partial charge on any atom is 0.127 e. The van der Waals surface area contributed by atoms with E-state index in [0.717, 1.165) is 33.3 Å². The lowest BCUT2D eigenvalue weighted by Gasteiger charge is -2.35. The molecule has 0 saturated heterocycles. The number of rotatable bonds is 1. The second-order valence-corrected chi connectivity index (χ2v) is 6.95. The van der Waals surface area contributed by atoms with E-state index >= 15 is 0 Å². The molecule has 2 heterocycles. The summed E-state index contributed by atoms with van der Waals surface area (Å²) in [6.07, 6.45) is 1.84. The molecule has 120 valence electrons. The maximum atomic E-state index is 14.5. The van der Waals surface area contributed by atoms with Gasteiger partial charge in [-0.1, -0.05) is 37.3 Å². The zero-order chi connectivity index (χ0) is 16.9. The zero-order valence-electron chi connectivity index (χ0n) is 14.0. The highest BCUT2D eigenvalue weighted by Crippen LogP contribution is 2.40. The average molecular weight is 318 g/mol. The minimum absolute atomic E-state index is 0.0193. The van der Waals surface area contributed by atoms with Crippen LogP contribution in [0.25, 0.3) is 10.9 Å². The third kappa shape index (κ3) is 2.23. The molecular weight excluding hydrogens is 299 g/mol. The molecule has 1 aromatic heterocycles. The van der Waals surface area contributed by atoms with Crippen molar-refractivity contribution in [3.63, 3.8) is 0 Å². The van der Waals surface area contributed by atoms with Crippen molar-refractivity contribution < 1.29 is 4.39 Å². The quantitative estimate of drug-likeness (QED) is 0.612. The number of hydrogen-bond acceptors (Lipinski definition) is 2. The van der Waals surface area contributed by atoms with Crippen LogP contribution in [0.3, 0.4) is 0 Å². The lowest BCUT2D eigenvalue weighted by atomic mass is 9.76. The van der Waals surface area contributed by atoms with Crippen molar-refractivity contribution >= 4 is 16.6 Å². The van der Waals surface area contributed by atoms with E-state index in [9.17, 15) is 4.39 Å². The van der Waals surface area contributed by atoms with Gasteiger partial charge in [0.2, 0.25) is 0 Å². The standard InChI is InChI=1S/C21H19FN2/c1-13-19-16(8-6-9-17(19)22)20(24-21(13,2)3)15-11-14-7-4-5-10-18(14)23-12-15/h4-13H,1-3H3. The van der Waals surface area contributed by atoms with Gasteiger partial charge in [0.05, 0.1) is 16.8 Å². The topological polar surface area (TPSA) is 25.2 Å². The Morgan fingerprint density at radius 1 is 1.04 bits per heavy atom. The molecule has 3 aromatic rings. The predicted molar refractivity (Wildman–Crippen MR) is 96.3 cm³/mol. The summed E-state index contributed by atoms with van der Waals surface area (Å²) in [6, 6.07) is 15.3. The van der Waals surface area contributed by atoms with Crippen molar-refractivity contribution in [1.29, 1.82) is 0 Å². The van der Waals surface area contributed by atoms with E-state index in [1.165, 1.54) is 6.07 Å². The van der Waals surface area contributed by atoms with Gasteiger partial charge in [-0.3, -0.25) is 9.98 Å². The molecule has 0 saturated carbocycles. The van der Waals surface area contributed by atoms with Crippen molar-refractivity contribution in [2.75, 3.05) is 0 Å². The van der Waals surface area contributed by atoms with Crippen LogP contribution in [0.4, 0.5) is 4.39 Å². The number of nitrogens with zero attached hydrogens (tertiary/aromatic N) is 2. The van der Waals surface area contributed by atoms with Crippen LogP contribution < -0.4 is 0 Å². The summed E-state index contributed by atoms with van der Waals surface area (Å²) in [5, 5.41) is 1.06. The molecule has 0 bridgehead atoms. The second-order valence-electron chi connectivity index (χ2n) is 6.95. The van der Waals surface area contributed by atoms with Gasteiger partial charge in [0.1, 0.15) is 5.82 Å². The molecule has 24 heavy (non-hydrogen) atoms. The Bertz CT molecular complexity index is 972. The van der Waals surface area contributed by atoms with Gasteiger partial charge in [-0.05, 0) is 32.0 Å². The number of fused-ring (bicyclic) bond motifs is 2. The molecule has 1 aliphatic rings. The highest BCUT2D eigenvalue weighted by Gasteiger charge is 2.36. The van der Waals surface area contributed by atoms with Crippen LogP contribution in [0.15, 0.2) is 59.7 Å². The first-order valence-corrected chi connectivity index (χ1v) is 8.21. The third-order valence-corrected chi connectivity index (χ3v) is 5.06. The van der Waals surface area contributed by atoms with Crippen LogP contribution in [0.5, 0.6) is 0 Å². The van der Waals surface area contributed by atoms with Crippen LogP contribution in [0, 0.1) is 5.82 Å². The number of hydrogen-bond donors (Lipinski definition) is 0. The molecule has 0 amide bonds. The van der Waals surface area contributed by atoms with Crippen LogP contribution in [-0.4, -0.2) is 16.2 Å². The molecule has 4 rings (SSSR count). The molecule has 0 radical (unpaired) electrons. The summed E-state index contributed by atoms with van der Waals surface area (Å²) in [4.78, 5) is 9.51. The van der Waals surface area contributed by atoms with E-state index in [0.29, 0.717) is 0 Å². The molecule has 1 atom stereocenters. The van der Waals surface area contributed by atoms with Crippen molar-refractivity contribution in [3.8, 4) is 0 Å². The highest BCUT2D eigenvalue weighted by molar-refractivity contribution is 6.15. The Morgan fingerprint density at radius 2 is 1.83 bits per heavy atom. The molecule has 2 aromatic carbocycles. The summed E-state index contributed by atoms with van der Waals surface area (Å²) < 4.78 is 14.5. The maximum absolute atomic E-state index is 14.5. The Labute approximate surface area is 141 Å². The second kappa shape index (κ2) is 5.23. The fourth-order valence-electron chi connectivity index (χ4n) is 3.40. The highest BCUT2D eigenvalue weighted by atomic mass is 19.1. The minimum atomic E-state index is -0.365. The van der Waals surface area contributed by atoms with Crippen molar-refractivity contribution in [2.45, 2.75) is 32.2 Å². The number of halogens is 1. The van der Waals surface area contributed by atoms with Crippen molar-refractivity contribution in [2.24, 2.45) is 4.99 Å². The molecule has 1 aliphatic heterocycles. The van der Waals surface area contributed by atoms with Crippen LogP contribution in [-0.2, 0) is 0 Å². The third-order valence-electron chi connectivity index (χ3n) is 5.06.